The fourth-order valence-corrected chi connectivity index (χ4v) is 2.25. The third kappa shape index (κ3) is 4.09. The quantitative estimate of drug-likeness (QED) is 0.919. The van der Waals surface area contributed by atoms with Gasteiger partial charge in [-0.1, -0.05) is 17.7 Å². The van der Waals surface area contributed by atoms with Crippen LogP contribution in [0.5, 0.6) is 0 Å². The molecule has 1 saturated heterocycles. The lowest BCUT2D eigenvalue weighted by atomic mass is 10.1. The van der Waals surface area contributed by atoms with Crippen molar-refractivity contribution in [2.75, 3.05) is 13.1 Å². The highest BCUT2D eigenvalue weighted by atomic mass is 35.5. The predicted octanol–water partition coefficient (Wildman–Crippen LogP) is 3.63. The van der Waals surface area contributed by atoms with Gasteiger partial charge in [-0.25, -0.2) is 0 Å². The first-order valence-electron chi connectivity index (χ1n) is 6.15. The monoisotopic (exact) mass is 293 g/mol. The van der Waals surface area contributed by atoms with Gasteiger partial charge in [-0.2, -0.15) is 13.2 Å². The topological polar surface area (TPSA) is 21.3 Å². The van der Waals surface area contributed by atoms with Gasteiger partial charge in [0.2, 0.25) is 0 Å². The standard InChI is InChI=1S/C13H15ClF3NO/c14-12-7-10(13(15,16)17)2-1-9(12)8-19-11-3-5-18-6-4-11/h1-2,7,11,18H,3-6,8H2. The first kappa shape index (κ1) is 14.6. The van der Waals surface area contributed by atoms with Crippen LogP contribution >= 0.6 is 11.6 Å². The third-order valence-corrected chi connectivity index (χ3v) is 3.49. The zero-order chi connectivity index (χ0) is 13.9. The van der Waals surface area contributed by atoms with Crippen LogP contribution in [0.25, 0.3) is 0 Å². The van der Waals surface area contributed by atoms with Crippen molar-refractivity contribution >= 4 is 11.6 Å². The Kier molecular flexibility index (Phi) is 4.71. The van der Waals surface area contributed by atoms with Gasteiger partial charge in [-0.05, 0) is 43.6 Å². The summed E-state index contributed by atoms with van der Waals surface area (Å²) in [4.78, 5) is 0. The number of rotatable bonds is 3. The lowest BCUT2D eigenvalue weighted by molar-refractivity contribution is -0.137. The fraction of sp³-hybridized carbons (Fsp3) is 0.538. The molecule has 1 heterocycles. The van der Waals surface area contributed by atoms with E-state index >= 15 is 0 Å². The SMILES string of the molecule is FC(F)(F)c1ccc(COC2CCNCC2)c(Cl)c1. The van der Waals surface area contributed by atoms with E-state index in [4.69, 9.17) is 16.3 Å². The molecule has 0 saturated carbocycles. The van der Waals surface area contributed by atoms with Crippen LogP contribution in [-0.4, -0.2) is 19.2 Å². The number of ether oxygens (including phenoxy) is 1. The molecule has 0 unspecified atom stereocenters. The van der Waals surface area contributed by atoms with Crippen LogP contribution in [0.1, 0.15) is 24.0 Å². The van der Waals surface area contributed by atoms with Crippen LogP contribution in [0, 0.1) is 0 Å². The maximum atomic E-state index is 12.5. The van der Waals surface area contributed by atoms with E-state index in [-0.39, 0.29) is 17.7 Å². The molecule has 106 valence electrons. The molecule has 6 heteroatoms. The van der Waals surface area contributed by atoms with E-state index < -0.39 is 11.7 Å². The summed E-state index contributed by atoms with van der Waals surface area (Å²) in [5, 5.41) is 3.32. The van der Waals surface area contributed by atoms with Crippen LogP contribution in [0.2, 0.25) is 5.02 Å². The molecule has 0 amide bonds. The Morgan fingerprint density at radius 3 is 2.53 bits per heavy atom. The molecular formula is C13H15ClF3NO. The molecule has 1 aliphatic heterocycles. The van der Waals surface area contributed by atoms with Crippen molar-refractivity contribution in [3.05, 3.63) is 34.3 Å². The smallest absolute Gasteiger partial charge is 0.373 e. The summed E-state index contributed by atoms with van der Waals surface area (Å²) in [6, 6.07) is 3.36. The number of hydrogen-bond donors (Lipinski definition) is 1. The first-order chi connectivity index (χ1) is 8.97. The highest BCUT2D eigenvalue weighted by molar-refractivity contribution is 6.31. The van der Waals surface area contributed by atoms with Gasteiger partial charge in [0, 0.05) is 5.02 Å². The van der Waals surface area contributed by atoms with E-state index in [1.807, 2.05) is 0 Å². The van der Waals surface area contributed by atoms with Crippen LogP contribution in [0.4, 0.5) is 13.2 Å². The molecule has 1 fully saturated rings. The normalized spacial score (nSPS) is 17.7. The van der Waals surface area contributed by atoms with E-state index in [9.17, 15) is 13.2 Å². The van der Waals surface area contributed by atoms with E-state index in [0.29, 0.717) is 5.56 Å². The largest absolute Gasteiger partial charge is 0.416 e. The molecule has 1 N–H and O–H groups in total. The average molecular weight is 294 g/mol. The lowest BCUT2D eigenvalue weighted by Gasteiger charge is -2.23. The average Bonchev–Trinajstić information content (AvgIpc) is 2.37. The highest BCUT2D eigenvalue weighted by Gasteiger charge is 2.30. The minimum atomic E-state index is -4.36. The third-order valence-electron chi connectivity index (χ3n) is 3.14. The Hall–Kier alpha value is -0.780. The van der Waals surface area contributed by atoms with Gasteiger partial charge < -0.3 is 10.1 Å². The van der Waals surface area contributed by atoms with E-state index in [2.05, 4.69) is 5.32 Å². The Bertz CT molecular complexity index is 430. The van der Waals surface area contributed by atoms with Crippen LogP contribution < -0.4 is 5.32 Å². The summed E-state index contributed by atoms with van der Waals surface area (Å²) in [7, 11) is 0. The van der Waals surface area contributed by atoms with E-state index in [0.717, 1.165) is 38.1 Å². The van der Waals surface area contributed by atoms with Gasteiger partial charge in [-0.3, -0.25) is 0 Å². The Morgan fingerprint density at radius 2 is 1.95 bits per heavy atom. The molecule has 1 aromatic rings. The predicted molar refractivity (Wildman–Crippen MR) is 67.1 cm³/mol. The van der Waals surface area contributed by atoms with Gasteiger partial charge >= 0.3 is 6.18 Å². The Balaban J connectivity index is 1.97. The van der Waals surface area contributed by atoms with Crippen LogP contribution in [0.3, 0.4) is 0 Å². The molecule has 0 radical (unpaired) electrons. The van der Waals surface area contributed by atoms with Crippen LogP contribution in [0.15, 0.2) is 18.2 Å². The van der Waals surface area contributed by atoms with Crippen molar-refractivity contribution in [3.8, 4) is 0 Å². The number of benzene rings is 1. The van der Waals surface area contributed by atoms with Crippen molar-refractivity contribution in [2.45, 2.75) is 31.7 Å². The second-order valence-electron chi connectivity index (χ2n) is 4.56. The Labute approximate surface area is 114 Å². The summed E-state index contributed by atoms with van der Waals surface area (Å²) in [5.41, 5.74) is -0.142. The molecule has 19 heavy (non-hydrogen) atoms. The van der Waals surface area contributed by atoms with Gasteiger partial charge in [0.1, 0.15) is 0 Å². The van der Waals surface area contributed by atoms with Gasteiger partial charge in [0.25, 0.3) is 0 Å². The van der Waals surface area contributed by atoms with Gasteiger partial charge in [0.05, 0.1) is 18.3 Å². The van der Waals surface area contributed by atoms with Crippen molar-refractivity contribution in [2.24, 2.45) is 0 Å². The summed E-state index contributed by atoms with van der Waals surface area (Å²) >= 11 is 5.86. The maximum Gasteiger partial charge on any atom is 0.416 e. The zero-order valence-electron chi connectivity index (χ0n) is 10.3. The molecule has 0 aromatic heterocycles. The number of alkyl halides is 3. The van der Waals surface area contributed by atoms with E-state index in [1.165, 1.54) is 6.07 Å². The minimum absolute atomic E-state index is 0.101. The summed E-state index contributed by atoms with van der Waals surface area (Å²) in [6.45, 7) is 2.07. The fourth-order valence-electron chi connectivity index (χ4n) is 2.01. The minimum Gasteiger partial charge on any atom is -0.373 e. The zero-order valence-corrected chi connectivity index (χ0v) is 11.0. The second-order valence-corrected chi connectivity index (χ2v) is 4.97. The molecule has 0 aliphatic carbocycles. The summed E-state index contributed by atoms with van der Waals surface area (Å²) < 4.78 is 43.1. The molecule has 0 spiro atoms. The molecular weight excluding hydrogens is 279 g/mol. The molecule has 0 bridgehead atoms. The Morgan fingerprint density at radius 1 is 1.26 bits per heavy atom. The summed E-state index contributed by atoms with van der Waals surface area (Å²) in [6.07, 6.45) is -2.38. The maximum absolute atomic E-state index is 12.5. The van der Waals surface area contributed by atoms with Gasteiger partial charge in [0.15, 0.2) is 0 Å². The highest BCUT2D eigenvalue weighted by Crippen LogP contribution is 2.32. The van der Waals surface area contributed by atoms with Gasteiger partial charge in [-0.15, -0.1) is 0 Å². The summed E-state index contributed by atoms with van der Waals surface area (Å²) in [5.74, 6) is 0. The lowest BCUT2D eigenvalue weighted by Crippen LogP contribution is -2.32. The van der Waals surface area contributed by atoms with E-state index in [1.54, 1.807) is 0 Å². The number of nitrogens with one attached hydrogen (secondary N) is 1. The van der Waals surface area contributed by atoms with Crippen molar-refractivity contribution < 1.29 is 17.9 Å². The number of piperidine rings is 1. The van der Waals surface area contributed by atoms with Crippen molar-refractivity contribution in [1.82, 2.24) is 5.32 Å². The molecule has 1 aliphatic rings. The molecule has 1 aromatic carbocycles. The second kappa shape index (κ2) is 6.11. The van der Waals surface area contributed by atoms with Crippen molar-refractivity contribution in [1.29, 1.82) is 0 Å². The van der Waals surface area contributed by atoms with Crippen molar-refractivity contribution in [3.63, 3.8) is 0 Å². The number of hydrogen-bond acceptors (Lipinski definition) is 2. The van der Waals surface area contributed by atoms with Crippen LogP contribution in [-0.2, 0) is 17.5 Å². The number of halogens is 4. The molecule has 2 rings (SSSR count). The molecule has 2 nitrogen and oxygen atoms in total. The molecule has 0 atom stereocenters. The first-order valence-corrected chi connectivity index (χ1v) is 6.52.